The molecule has 0 aliphatic carbocycles. The van der Waals surface area contributed by atoms with Crippen LogP contribution in [0.4, 0.5) is 0 Å². The van der Waals surface area contributed by atoms with Crippen LogP contribution < -0.4 is 5.73 Å². The van der Waals surface area contributed by atoms with Gasteiger partial charge < -0.3 is 10.6 Å². The summed E-state index contributed by atoms with van der Waals surface area (Å²) in [6.07, 6.45) is 3.81. The summed E-state index contributed by atoms with van der Waals surface area (Å²) in [5.41, 5.74) is 6.57. The Bertz CT molecular complexity index is 405. The van der Waals surface area contributed by atoms with E-state index >= 15 is 0 Å². The van der Waals surface area contributed by atoms with Gasteiger partial charge in [-0.2, -0.15) is 5.10 Å². The van der Waals surface area contributed by atoms with E-state index in [1.54, 1.807) is 24.0 Å². The summed E-state index contributed by atoms with van der Waals surface area (Å²) in [5, 5.41) is 4.03. The van der Waals surface area contributed by atoms with Crippen LogP contribution in [0.25, 0.3) is 0 Å². The number of aromatic nitrogens is 2. The van der Waals surface area contributed by atoms with E-state index in [0.29, 0.717) is 11.6 Å². The number of rotatable bonds is 2. The van der Waals surface area contributed by atoms with E-state index < -0.39 is 0 Å². The van der Waals surface area contributed by atoms with Gasteiger partial charge in [0, 0.05) is 32.4 Å². The highest BCUT2D eigenvalue weighted by Crippen LogP contribution is 2.20. The van der Waals surface area contributed by atoms with Gasteiger partial charge in [-0.25, -0.2) is 0 Å². The number of nitrogens with zero attached hydrogens (tertiary/aromatic N) is 3. The van der Waals surface area contributed by atoms with Gasteiger partial charge in [0.1, 0.15) is 5.69 Å². The number of likely N-dealkylation sites (tertiary alicyclic amines) is 1. The van der Waals surface area contributed by atoms with Gasteiger partial charge in [0.25, 0.3) is 5.91 Å². The van der Waals surface area contributed by atoms with Gasteiger partial charge in [0.05, 0.1) is 0 Å². The Hall–Kier alpha value is -1.07. The van der Waals surface area contributed by atoms with Crippen molar-refractivity contribution in [2.75, 3.05) is 13.1 Å². The minimum Gasteiger partial charge on any atom is -0.337 e. The van der Waals surface area contributed by atoms with Crippen LogP contribution in [0.1, 0.15) is 30.3 Å². The normalized spacial score (nSPS) is 21.3. The van der Waals surface area contributed by atoms with Crippen molar-refractivity contribution in [3.05, 3.63) is 18.0 Å². The van der Waals surface area contributed by atoms with Gasteiger partial charge in [0.2, 0.25) is 0 Å². The van der Waals surface area contributed by atoms with E-state index in [4.69, 9.17) is 5.73 Å². The second kappa shape index (κ2) is 6.20. The Morgan fingerprint density at radius 1 is 1.61 bits per heavy atom. The molecule has 0 radical (unpaired) electrons. The third kappa shape index (κ3) is 3.03. The molecule has 0 bridgehead atoms. The van der Waals surface area contributed by atoms with Crippen molar-refractivity contribution in [1.82, 2.24) is 14.7 Å². The molecule has 2 rings (SSSR count). The second-order valence-electron chi connectivity index (χ2n) is 4.85. The fourth-order valence-corrected chi connectivity index (χ4v) is 2.37. The average molecular weight is 273 g/mol. The summed E-state index contributed by atoms with van der Waals surface area (Å²) in [6, 6.07) is 1.91. The molecule has 1 saturated heterocycles. The molecule has 2 heterocycles. The molecule has 102 valence electrons. The molecule has 0 spiro atoms. The van der Waals surface area contributed by atoms with Gasteiger partial charge in [-0.05, 0) is 31.7 Å². The van der Waals surface area contributed by atoms with Crippen LogP contribution in [-0.4, -0.2) is 39.7 Å². The van der Waals surface area contributed by atoms with Gasteiger partial charge in [-0.1, -0.05) is 0 Å². The monoisotopic (exact) mass is 272 g/mol. The van der Waals surface area contributed by atoms with Crippen molar-refractivity contribution in [3.63, 3.8) is 0 Å². The molecular weight excluding hydrogens is 252 g/mol. The zero-order valence-corrected chi connectivity index (χ0v) is 11.7. The Kier molecular flexibility index (Phi) is 5.16. The summed E-state index contributed by atoms with van der Waals surface area (Å²) >= 11 is 0. The second-order valence-corrected chi connectivity index (χ2v) is 4.85. The van der Waals surface area contributed by atoms with Crippen LogP contribution in [-0.2, 0) is 7.05 Å². The van der Waals surface area contributed by atoms with E-state index in [1.165, 1.54) is 0 Å². The number of carbonyl (C=O) groups is 1. The Labute approximate surface area is 114 Å². The van der Waals surface area contributed by atoms with Gasteiger partial charge in [0.15, 0.2) is 0 Å². The highest BCUT2D eigenvalue weighted by atomic mass is 35.5. The standard InChI is InChI=1S/C12H20N4O.ClH/c1-9(13)10-4-3-7-16(8-10)12(17)11-5-6-14-15(11)2;/h5-6,9-10H,3-4,7-8,13H2,1-2H3;1H. The average Bonchev–Trinajstić information content (AvgIpc) is 2.74. The number of amides is 1. The van der Waals surface area contributed by atoms with E-state index in [1.807, 2.05) is 11.8 Å². The predicted octanol–water partition coefficient (Wildman–Crippen LogP) is 1.04. The van der Waals surface area contributed by atoms with Crippen molar-refractivity contribution < 1.29 is 4.79 Å². The van der Waals surface area contributed by atoms with Crippen LogP contribution in [0.2, 0.25) is 0 Å². The summed E-state index contributed by atoms with van der Waals surface area (Å²) in [6.45, 7) is 3.61. The predicted molar refractivity (Wildman–Crippen MR) is 72.7 cm³/mol. The van der Waals surface area contributed by atoms with E-state index in [2.05, 4.69) is 5.10 Å². The Balaban J connectivity index is 0.00000162. The third-order valence-corrected chi connectivity index (χ3v) is 3.53. The molecule has 18 heavy (non-hydrogen) atoms. The zero-order valence-electron chi connectivity index (χ0n) is 10.9. The van der Waals surface area contributed by atoms with Crippen molar-refractivity contribution in [2.45, 2.75) is 25.8 Å². The maximum absolute atomic E-state index is 12.3. The maximum atomic E-state index is 12.3. The first-order valence-electron chi connectivity index (χ1n) is 6.12. The lowest BCUT2D eigenvalue weighted by Crippen LogP contribution is -2.45. The number of nitrogens with two attached hydrogens (primary N) is 1. The molecule has 0 aromatic carbocycles. The number of hydrogen-bond donors (Lipinski definition) is 1. The fraction of sp³-hybridized carbons (Fsp3) is 0.667. The van der Waals surface area contributed by atoms with E-state index in [9.17, 15) is 4.79 Å². The number of hydrogen-bond acceptors (Lipinski definition) is 3. The van der Waals surface area contributed by atoms with E-state index in [-0.39, 0.29) is 24.4 Å². The topological polar surface area (TPSA) is 64.2 Å². The number of aryl methyl sites for hydroxylation is 1. The molecule has 6 heteroatoms. The minimum atomic E-state index is 0. The quantitative estimate of drug-likeness (QED) is 0.875. The lowest BCUT2D eigenvalue weighted by molar-refractivity contribution is 0.0650. The number of carbonyl (C=O) groups excluding carboxylic acids is 1. The zero-order chi connectivity index (χ0) is 12.4. The molecule has 1 aromatic rings. The van der Waals surface area contributed by atoms with Crippen LogP contribution in [0.5, 0.6) is 0 Å². The smallest absolute Gasteiger partial charge is 0.272 e. The number of halogens is 1. The molecule has 1 amide bonds. The maximum Gasteiger partial charge on any atom is 0.272 e. The molecule has 1 aliphatic rings. The molecule has 1 fully saturated rings. The molecular formula is C12H21ClN4O. The van der Waals surface area contributed by atoms with Crippen LogP contribution in [0, 0.1) is 5.92 Å². The molecule has 5 nitrogen and oxygen atoms in total. The fourth-order valence-electron chi connectivity index (χ4n) is 2.37. The van der Waals surface area contributed by atoms with Crippen LogP contribution in [0.3, 0.4) is 0 Å². The molecule has 2 atom stereocenters. The van der Waals surface area contributed by atoms with Crippen molar-refractivity contribution in [3.8, 4) is 0 Å². The molecule has 2 unspecified atom stereocenters. The van der Waals surface area contributed by atoms with Crippen molar-refractivity contribution >= 4 is 18.3 Å². The number of piperidine rings is 1. The van der Waals surface area contributed by atoms with Gasteiger partial charge in [-0.3, -0.25) is 9.48 Å². The van der Waals surface area contributed by atoms with E-state index in [0.717, 1.165) is 25.9 Å². The first-order valence-corrected chi connectivity index (χ1v) is 6.12. The van der Waals surface area contributed by atoms with Crippen molar-refractivity contribution in [1.29, 1.82) is 0 Å². The van der Waals surface area contributed by atoms with Crippen LogP contribution in [0.15, 0.2) is 12.3 Å². The van der Waals surface area contributed by atoms with Crippen molar-refractivity contribution in [2.24, 2.45) is 18.7 Å². The molecule has 1 aliphatic heterocycles. The first-order chi connectivity index (χ1) is 8.09. The summed E-state index contributed by atoms with van der Waals surface area (Å²) < 4.78 is 1.62. The van der Waals surface area contributed by atoms with Gasteiger partial charge in [-0.15, -0.1) is 12.4 Å². The largest absolute Gasteiger partial charge is 0.337 e. The highest BCUT2D eigenvalue weighted by Gasteiger charge is 2.27. The SMILES string of the molecule is CC(N)C1CCCN(C(=O)c2ccnn2C)C1.Cl. The Morgan fingerprint density at radius 2 is 2.33 bits per heavy atom. The Morgan fingerprint density at radius 3 is 2.89 bits per heavy atom. The lowest BCUT2D eigenvalue weighted by Gasteiger charge is -2.34. The summed E-state index contributed by atoms with van der Waals surface area (Å²) in [7, 11) is 1.79. The van der Waals surface area contributed by atoms with Gasteiger partial charge >= 0.3 is 0 Å². The molecule has 0 saturated carbocycles. The minimum absolute atomic E-state index is 0. The molecule has 1 aromatic heterocycles. The first kappa shape index (κ1) is 15.0. The third-order valence-electron chi connectivity index (χ3n) is 3.53. The lowest BCUT2D eigenvalue weighted by atomic mass is 9.92. The summed E-state index contributed by atoms with van der Waals surface area (Å²) in [4.78, 5) is 14.2. The van der Waals surface area contributed by atoms with Crippen LogP contribution >= 0.6 is 12.4 Å². The summed E-state index contributed by atoms with van der Waals surface area (Å²) in [5.74, 6) is 0.483. The highest BCUT2D eigenvalue weighted by molar-refractivity contribution is 5.92. The molecule has 2 N–H and O–H groups in total.